The van der Waals surface area contributed by atoms with Crippen molar-refractivity contribution in [3.8, 4) is 6.07 Å². The maximum atomic E-state index is 11.2. The van der Waals surface area contributed by atoms with Crippen LogP contribution < -0.4 is 5.73 Å². The fourth-order valence-electron chi connectivity index (χ4n) is 1.78. The molecule has 1 aliphatic carbocycles. The van der Waals surface area contributed by atoms with Crippen LogP contribution >= 0.6 is 0 Å². The molecule has 0 aliphatic heterocycles. The van der Waals surface area contributed by atoms with E-state index in [-0.39, 0.29) is 11.9 Å². The standard InChI is InChI=1S/C10H17N3O/c1-2-9(10(12)14)13(7-3-6-11)8-4-5-8/h8-9H,2-5,7H2,1H3,(H2,12,14). The third-order valence-electron chi connectivity index (χ3n) is 2.61. The topological polar surface area (TPSA) is 70.1 Å². The monoisotopic (exact) mass is 195 g/mol. The minimum Gasteiger partial charge on any atom is -0.368 e. The van der Waals surface area contributed by atoms with Crippen molar-refractivity contribution in [2.24, 2.45) is 5.73 Å². The third kappa shape index (κ3) is 2.71. The van der Waals surface area contributed by atoms with Crippen LogP contribution in [0.25, 0.3) is 0 Å². The Morgan fingerprint density at radius 1 is 1.71 bits per heavy atom. The highest BCUT2D eigenvalue weighted by Gasteiger charge is 2.34. The number of amides is 1. The Hall–Kier alpha value is -1.08. The van der Waals surface area contributed by atoms with Crippen molar-refractivity contribution < 1.29 is 4.79 Å². The molecule has 0 radical (unpaired) electrons. The molecule has 1 fully saturated rings. The highest BCUT2D eigenvalue weighted by molar-refractivity contribution is 5.79. The number of primary amides is 1. The van der Waals surface area contributed by atoms with Gasteiger partial charge in [-0.2, -0.15) is 5.26 Å². The van der Waals surface area contributed by atoms with Crippen molar-refractivity contribution >= 4 is 5.91 Å². The van der Waals surface area contributed by atoms with E-state index in [0.29, 0.717) is 19.0 Å². The van der Waals surface area contributed by atoms with Gasteiger partial charge in [-0.05, 0) is 19.3 Å². The molecule has 4 heteroatoms. The lowest BCUT2D eigenvalue weighted by atomic mass is 10.1. The molecule has 0 aromatic rings. The largest absolute Gasteiger partial charge is 0.368 e. The fraction of sp³-hybridized carbons (Fsp3) is 0.800. The van der Waals surface area contributed by atoms with E-state index in [1.807, 2.05) is 6.92 Å². The first-order valence-electron chi connectivity index (χ1n) is 5.12. The van der Waals surface area contributed by atoms with Gasteiger partial charge in [0, 0.05) is 19.0 Å². The van der Waals surface area contributed by atoms with E-state index >= 15 is 0 Å². The minimum absolute atomic E-state index is 0.184. The van der Waals surface area contributed by atoms with Crippen LogP contribution in [0.4, 0.5) is 0 Å². The molecule has 2 N–H and O–H groups in total. The first-order valence-corrected chi connectivity index (χ1v) is 5.12. The number of hydrogen-bond acceptors (Lipinski definition) is 3. The normalized spacial score (nSPS) is 17.8. The molecule has 4 nitrogen and oxygen atoms in total. The number of nitrogens with zero attached hydrogens (tertiary/aromatic N) is 2. The fourth-order valence-corrected chi connectivity index (χ4v) is 1.78. The van der Waals surface area contributed by atoms with Gasteiger partial charge >= 0.3 is 0 Å². The van der Waals surface area contributed by atoms with Gasteiger partial charge in [-0.3, -0.25) is 9.69 Å². The summed E-state index contributed by atoms with van der Waals surface area (Å²) >= 11 is 0. The second-order valence-electron chi connectivity index (χ2n) is 3.70. The quantitative estimate of drug-likeness (QED) is 0.675. The smallest absolute Gasteiger partial charge is 0.234 e. The molecule has 0 aromatic heterocycles. The van der Waals surface area contributed by atoms with Gasteiger partial charge in [0.15, 0.2) is 0 Å². The maximum Gasteiger partial charge on any atom is 0.234 e. The minimum atomic E-state index is -0.266. The number of hydrogen-bond donors (Lipinski definition) is 1. The predicted octanol–water partition coefficient (Wildman–Crippen LogP) is 0.628. The molecular weight excluding hydrogens is 178 g/mol. The molecule has 1 aliphatic rings. The SMILES string of the molecule is CCC(C(N)=O)N(CCC#N)C1CC1. The van der Waals surface area contributed by atoms with Crippen LogP contribution in [0.3, 0.4) is 0 Å². The Labute approximate surface area is 84.7 Å². The molecule has 0 bridgehead atoms. The van der Waals surface area contributed by atoms with Crippen LogP contribution in [0.5, 0.6) is 0 Å². The van der Waals surface area contributed by atoms with Gasteiger partial charge in [-0.15, -0.1) is 0 Å². The lowest BCUT2D eigenvalue weighted by molar-refractivity contribution is -0.123. The van der Waals surface area contributed by atoms with Crippen molar-refractivity contribution in [2.45, 2.75) is 44.7 Å². The van der Waals surface area contributed by atoms with Gasteiger partial charge < -0.3 is 5.73 Å². The molecule has 1 amide bonds. The van der Waals surface area contributed by atoms with Gasteiger partial charge in [0.05, 0.1) is 12.1 Å². The Morgan fingerprint density at radius 2 is 2.36 bits per heavy atom. The van der Waals surface area contributed by atoms with Gasteiger partial charge in [0.25, 0.3) is 0 Å². The summed E-state index contributed by atoms with van der Waals surface area (Å²) in [4.78, 5) is 13.3. The summed E-state index contributed by atoms with van der Waals surface area (Å²) in [5.74, 6) is -0.266. The van der Waals surface area contributed by atoms with Crippen molar-refractivity contribution in [3.05, 3.63) is 0 Å². The summed E-state index contributed by atoms with van der Waals surface area (Å²) < 4.78 is 0. The van der Waals surface area contributed by atoms with Crippen LogP contribution in [0, 0.1) is 11.3 Å². The van der Waals surface area contributed by atoms with Gasteiger partial charge in [0.1, 0.15) is 0 Å². The first kappa shape index (κ1) is 11.0. The molecule has 1 saturated carbocycles. The summed E-state index contributed by atoms with van der Waals surface area (Å²) in [5, 5.41) is 8.52. The average molecular weight is 195 g/mol. The Bertz CT molecular complexity index is 242. The summed E-state index contributed by atoms with van der Waals surface area (Å²) in [6.07, 6.45) is 3.47. The zero-order valence-corrected chi connectivity index (χ0v) is 8.57. The van der Waals surface area contributed by atoms with E-state index in [0.717, 1.165) is 19.3 Å². The number of carbonyl (C=O) groups is 1. The third-order valence-corrected chi connectivity index (χ3v) is 2.61. The van der Waals surface area contributed by atoms with E-state index in [1.54, 1.807) is 0 Å². The molecule has 0 heterocycles. The zero-order chi connectivity index (χ0) is 10.6. The van der Waals surface area contributed by atoms with Gasteiger partial charge in [0.2, 0.25) is 5.91 Å². The van der Waals surface area contributed by atoms with E-state index in [9.17, 15) is 4.79 Å². The highest BCUT2D eigenvalue weighted by Crippen LogP contribution is 2.29. The number of nitriles is 1. The number of carbonyl (C=O) groups excluding carboxylic acids is 1. The van der Waals surface area contributed by atoms with E-state index in [1.165, 1.54) is 0 Å². The zero-order valence-electron chi connectivity index (χ0n) is 8.57. The second kappa shape index (κ2) is 4.97. The molecular formula is C10H17N3O. The highest BCUT2D eigenvalue weighted by atomic mass is 16.1. The van der Waals surface area contributed by atoms with Crippen molar-refractivity contribution in [3.63, 3.8) is 0 Å². The Balaban J connectivity index is 2.55. The van der Waals surface area contributed by atoms with Gasteiger partial charge in [-0.1, -0.05) is 6.92 Å². The lowest BCUT2D eigenvalue weighted by Gasteiger charge is -2.27. The second-order valence-corrected chi connectivity index (χ2v) is 3.70. The summed E-state index contributed by atoms with van der Waals surface area (Å²) in [6.45, 7) is 2.62. The molecule has 0 spiro atoms. The molecule has 0 aromatic carbocycles. The summed E-state index contributed by atoms with van der Waals surface area (Å²) in [6, 6.07) is 2.41. The molecule has 0 saturated heterocycles. The van der Waals surface area contributed by atoms with Crippen molar-refractivity contribution in [1.82, 2.24) is 4.90 Å². The van der Waals surface area contributed by atoms with Crippen LogP contribution in [0.1, 0.15) is 32.6 Å². The molecule has 1 rings (SSSR count). The number of rotatable bonds is 6. The van der Waals surface area contributed by atoms with E-state index < -0.39 is 0 Å². The molecule has 78 valence electrons. The first-order chi connectivity index (χ1) is 6.70. The van der Waals surface area contributed by atoms with Crippen molar-refractivity contribution in [2.75, 3.05) is 6.54 Å². The molecule has 14 heavy (non-hydrogen) atoms. The molecule has 1 atom stereocenters. The predicted molar refractivity (Wildman–Crippen MR) is 53.2 cm³/mol. The van der Waals surface area contributed by atoms with Crippen LogP contribution in [0.15, 0.2) is 0 Å². The van der Waals surface area contributed by atoms with Crippen LogP contribution in [0.2, 0.25) is 0 Å². The molecule has 1 unspecified atom stereocenters. The van der Waals surface area contributed by atoms with E-state index in [2.05, 4.69) is 11.0 Å². The van der Waals surface area contributed by atoms with E-state index in [4.69, 9.17) is 11.0 Å². The van der Waals surface area contributed by atoms with Crippen LogP contribution in [-0.2, 0) is 4.79 Å². The number of nitrogens with two attached hydrogens (primary N) is 1. The van der Waals surface area contributed by atoms with Crippen molar-refractivity contribution in [1.29, 1.82) is 5.26 Å². The Kier molecular flexibility index (Phi) is 3.90. The van der Waals surface area contributed by atoms with Crippen LogP contribution in [-0.4, -0.2) is 29.4 Å². The summed E-state index contributed by atoms with van der Waals surface area (Å²) in [5.41, 5.74) is 5.32. The average Bonchev–Trinajstić information content (AvgIpc) is 2.94. The lowest BCUT2D eigenvalue weighted by Crippen LogP contribution is -2.46. The summed E-state index contributed by atoms with van der Waals surface area (Å²) in [7, 11) is 0. The maximum absolute atomic E-state index is 11.2. The Morgan fingerprint density at radius 3 is 2.71 bits per heavy atom. The van der Waals surface area contributed by atoms with Gasteiger partial charge in [-0.25, -0.2) is 0 Å².